The van der Waals surface area contributed by atoms with E-state index < -0.39 is 23.1 Å². The van der Waals surface area contributed by atoms with E-state index in [4.69, 9.17) is 21.1 Å². The monoisotopic (exact) mass is 679 g/mol. The lowest BCUT2D eigenvalue weighted by molar-refractivity contribution is -0.0644. The molecule has 2 saturated heterocycles. The number of piperidine rings is 1. The van der Waals surface area contributed by atoms with Crippen molar-refractivity contribution in [2.45, 2.75) is 70.4 Å². The summed E-state index contributed by atoms with van der Waals surface area (Å²) in [5.41, 5.74) is -0.0858. The van der Waals surface area contributed by atoms with Gasteiger partial charge in [0.1, 0.15) is 22.9 Å². The number of ether oxygens (including phenoxy) is 2. The third-order valence-corrected chi connectivity index (χ3v) is 9.07. The highest BCUT2D eigenvalue weighted by Crippen LogP contribution is 2.31. The van der Waals surface area contributed by atoms with E-state index in [0.29, 0.717) is 29.9 Å². The number of aromatic nitrogens is 3. The van der Waals surface area contributed by atoms with Crippen LogP contribution >= 0.6 is 11.6 Å². The van der Waals surface area contributed by atoms with Crippen molar-refractivity contribution in [1.29, 1.82) is 0 Å². The second-order valence-electron chi connectivity index (χ2n) is 13.6. The van der Waals surface area contributed by atoms with Crippen LogP contribution in [0.2, 0.25) is 5.15 Å². The highest BCUT2D eigenvalue weighted by atomic mass is 35.5. The Hall–Kier alpha value is -4.26. The fraction of sp³-hybridized carbons (Fsp3) is 0.429. The van der Waals surface area contributed by atoms with Gasteiger partial charge >= 0.3 is 6.09 Å². The maximum atomic E-state index is 13.6. The lowest BCUT2D eigenvalue weighted by atomic mass is 9.91. The van der Waals surface area contributed by atoms with Gasteiger partial charge in [0.25, 0.3) is 11.5 Å². The Kier molecular flexibility index (Phi) is 9.10. The first-order valence-corrected chi connectivity index (χ1v) is 16.3. The fourth-order valence-electron chi connectivity index (χ4n) is 6.30. The van der Waals surface area contributed by atoms with Crippen LogP contribution in [0.5, 0.6) is 0 Å². The largest absolute Gasteiger partial charge is 0.444 e. The molecule has 48 heavy (non-hydrogen) atoms. The number of carbonyl (C=O) groups excluding carboxylic acids is 2. The summed E-state index contributed by atoms with van der Waals surface area (Å²) in [6.07, 6.45) is 1.34. The third kappa shape index (κ3) is 6.96. The number of carbonyl (C=O) groups is 2. The molecule has 1 N–H and O–H groups in total. The molecule has 11 nitrogen and oxygen atoms in total. The molecule has 2 aliphatic rings. The predicted octanol–water partition coefficient (Wildman–Crippen LogP) is 5.34. The molecule has 13 heteroatoms. The quantitative estimate of drug-likeness (QED) is 0.302. The third-order valence-electron chi connectivity index (χ3n) is 8.79. The number of aliphatic hydroxyl groups is 1. The number of hydrogen-bond acceptors (Lipinski definition) is 7. The van der Waals surface area contributed by atoms with Crippen molar-refractivity contribution >= 4 is 34.6 Å². The van der Waals surface area contributed by atoms with Gasteiger partial charge in [-0.3, -0.25) is 23.6 Å². The minimum Gasteiger partial charge on any atom is -0.444 e. The second kappa shape index (κ2) is 13.0. The van der Waals surface area contributed by atoms with Crippen LogP contribution in [0.25, 0.3) is 16.7 Å². The number of amides is 2. The normalized spacial score (nSPS) is 19.8. The Balaban J connectivity index is 1.18. The summed E-state index contributed by atoms with van der Waals surface area (Å²) < 4.78 is 28.2. The minimum absolute atomic E-state index is 0.00943. The van der Waals surface area contributed by atoms with E-state index in [-0.39, 0.29) is 66.8 Å². The number of fused-ring (bicyclic) bond motifs is 1. The van der Waals surface area contributed by atoms with Crippen LogP contribution in [0, 0.1) is 5.82 Å². The van der Waals surface area contributed by atoms with Crippen LogP contribution in [-0.4, -0.2) is 84.6 Å². The summed E-state index contributed by atoms with van der Waals surface area (Å²) in [5.74, 6) is -0.790. The van der Waals surface area contributed by atoms with Crippen LogP contribution in [0.1, 0.15) is 62.5 Å². The first-order valence-electron chi connectivity index (χ1n) is 16.0. The number of benzene rings is 2. The first-order chi connectivity index (χ1) is 22.7. The lowest BCUT2D eigenvalue weighted by Gasteiger charge is -2.39. The predicted molar refractivity (Wildman–Crippen MR) is 178 cm³/mol. The van der Waals surface area contributed by atoms with Crippen LogP contribution in [0.15, 0.2) is 65.7 Å². The maximum absolute atomic E-state index is 13.6. The molecule has 0 unspecified atom stereocenters. The zero-order chi connectivity index (χ0) is 34.4. The Morgan fingerprint density at radius 3 is 2.50 bits per heavy atom. The number of morpholine rings is 1. The minimum atomic E-state index is -1.24. The van der Waals surface area contributed by atoms with E-state index >= 15 is 0 Å². The van der Waals surface area contributed by atoms with Gasteiger partial charge < -0.3 is 19.5 Å². The lowest BCUT2D eigenvalue weighted by Crippen LogP contribution is -2.49. The number of halogens is 2. The van der Waals surface area contributed by atoms with E-state index in [1.807, 2.05) is 52.0 Å². The van der Waals surface area contributed by atoms with Crippen molar-refractivity contribution in [3.05, 3.63) is 93.4 Å². The molecule has 2 fully saturated rings. The molecule has 2 amide bonds. The topological polar surface area (TPSA) is 119 Å². The van der Waals surface area contributed by atoms with Crippen molar-refractivity contribution in [2.75, 3.05) is 26.2 Å². The number of rotatable bonds is 5. The van der Waals surface area contributed by atoms with Gasteiger partial charge in [0.15, 0.2) is 5.65 Å². The molecule has 2 atom stereocenters. The fourth-order valence-corrected chi connectivity index (χ4v) is 6.58. The van der Waals surface area contributed by atoms with Gasteiger partial charge in [-0.25, -0.2) is 14.2 Å². The van der Waals surface area contributed by atoms with Crippen molar-refractivity contribution in [2.24, 2.45) is 0 Å². The summed E-state index contributed by atoms with van der Waals surface area (Å²) in [4.78, 5) is 47.3. The average molecular weight is 680 g/mol. The van der Waals surface area contributed by atoms with E-state index in [1.165, 1.54) is 29.1 Å². The summed E-state index contributed by atoms with van der Waals surface area (Å²) in [6.45, 7) is 8.64. The number of hydrogen-bond donors (Lipinski definition) is 1. The highest BCUT2D eigenvalue weighted by Gasteiger charge is 2.36. The molecule has 0 aliphatic carbocycles. The van der Waals surface area contributed by atoms with Gasteiger partial charge in [-0.2, -0.15) is 0 Å². The molecule has 0 bridgehead atoms. The Labute approximate surface area is 282 Å². The molecule has 4 aromatic rings. The summed E-state index contributed by atoms with van der Waals surface area (Å²) in [6, 6.07) is 14.2. The van der Waals surface area contributed by atoms with Crippen molar-refractivity contribution in [3.8, 4) is 5.69 Å². The van der Waals surface area contributed by atoms with Gasteiger partial charge in [0.2, 0.25) is 0 Å². The van der Waals surface area contributed by atoms with Crippen molar-refractivity contribution in [3.63, 3.8) is 0 Å². The summed E-state index contributed by atoms with van der Waals surface area (Å²) in [7, 11) is 0. The molecule has 6 rings (SSSR count). The van der Waals surface area contributed by atoms with Crippen molar-refractivity contribution < 1.29 is 28.6 Å². The van der Waals surface area contributed by atoms with Gasteiger partial charge in [-0.15, -0.1) is 0 Å². The molecule has 0 radical (unpaired) electrons. The Morgan fingerprint density at radius 1 is 1.12 bits per heavy atom. The molecule has 2 aliphatic heterocycles. The zero-order valence-electron chi connectivity index (χ0n) is 27.4. The van der Waals surface area contributed by atoms with Gasteiger partial charge in [0.05, 0.1) is 42.8 Å². The van der Waals surface area contributed by atoms with E-state index in [9.17, 15) is 23.9 Å². The molecular formula is C35H39ClFN5O6. The number of nitrogens with zero attached hydrogens (tertiary/aromatic N) is 5. The van der Waals surface area contributed by atoms with E-state index in [0.717, 1.165) is 5.56 Å². The zero-order valence-corrected chi connectivity index (χ0v) is 28.1. The summed E-state index contributed by atoms with van der Waals surface area (Å²) >= 11 is 6.66. The van der Waals surface area contributed by atoms with Crippen LogP contribution < -0.4 is 5.56 Å². The van der Waals surface area contributed by atoms with E-state index in [2.05, 4.69) is 4.98 Å². The first kappa shape index (κ1) is 33.6. The summed E-state index contributed by atoms with van der Waals surface area (Å²) in [5, 5.41) is 11.9. The van der Waals surface area contributed by atoms with Gasteiger partial charge in [-0.05, 0) is 82.5 Å². The molecule has 254 valence electrons. The molecule has 0 spiro atoms. The highest BCUT2D eigenvalue weighted by molar-refractivity contribution is 6.31. The molecule has 0 saturated carbocycles. The van der Waals surface area contributed by atoms with Gasteiger partial charge in [-0.1, -0.05) is 29.8 Å². The van der Waals surface area contributed by atoms with Crippen molar-refractivity contribution in [1.82, 2.24) is 23.9 Å². The van der Waals surface area contributed by atoms with Crippen LogP contribution in [0.3, 0.4) is 0 Å². The molecular weight excluding hydrogens is 641 g/mol. The Morgan fingerprint density at radius 2 is 1.83 bits per heavy atom. The average Bonchev–Trinajstić information content (AvgIpc) is 3.38. The second-order valence-corrected chi connectivity index (χ2v) is 14.0. The molecule has 4 heterocycles. The van der Waals surface area contributed by atoms with Crippen LogP contribution in [-0.2, 0) is 16.0 Å². The number of likely N-dealkylation sites (tertiary alicyclic amines) is 1. The van der Waals surface area contributed by atoms with Gasteiger partial charge in [0, 0.05) is 24.3 Å². The Bertz CT molecular complexity index is 1890. The SMILES string of the molecule is C[C@H]1CN(C(=O)OC(C)(C)C)[C@H](c2ccc(-n3c(Cl)cc4c(=O)n(CC5(O)CCN(C(=O)c6cccc(F)c6)CC5)cnc43)cc2)CO1. The standard InChI is InChI=1S/C35H39ClFN5O6/c1-22-18-41(33(45)48-34(2,3)4)28(19-47-22)23-8-10-26(11-9-23)42-29(36)17-27-30(42)38-21-40(32(27)44)20-35(46)12-14-39(15-13-35)31(43)24-6-5-7-25(37)16-24/h5-11,16-17,21-22,28,46H,12-15,18-20H2,1-4H3/t22-,28-/m0/s1. The molecule has 2 aromatic heterocycles. The maximum Gasteiger partial charge on any atom is 0.410 e. The molecule has 2 aromatic carbocycles. The van der Waals surface area contributed by atoms with Crippen LogP contribution in [0.4, 0.5) is 9.18 Å². The smallest absolute Gasteiger partial charge is 0.410 e. The van der Waals surface area contributed by atoms with E-state index in [1.54, 1.807) is 26.5 Å².